The molecule has 3 aromatic rings. The van der Waals surface area contributed by atoms with E-state index in [1.165, 1.54) is 23.0 Å². The molecule has 2 aliphatic heterocycles. The van der Waals surface area contributed by atoms with Crippen molar-refractivity contribution in [1.82, 2.24) is 19.4 Å². The van der Waals surface area contributed by atoms with Gasteiger partial charge in [-0.25, -0.2) is 36.4 Å². The number of carboxylic acid groups (broad SMARTS) is 1. The highest BCUT2D eigenvalue weighted by Gasteiger charge is 2.45. The van der Waals surface area contributed by atoms with E-state index >= 15 is 13.2 Å². The Morgan fingerprint density at radius 1 is 1.15 bits per heavy atom. The van der Waals surface area contributed by atoms with Crippen LogP contribution < -0.4 is 10.9 Å². The van der Waals surface area contributed by atoms with E-state index in [9.17, 15) is 18.0 Å². The summed E-state index contributed by atoms with van der Waals surface area (Å²) in [6.45, 7) is 1.84. The number of nitrogens with zero attached hydrogens (tertiary/aromatic N) is 4. The number of hydrogen-bond donors (Lipinski definition) is 2. The highest BCUT2D eigenvalue weighted by atomic mass is 35.5. The number of aryl methyl sites for hydroxylation is 1. The fourth-order valence-electron chi connectivity index (χ4n) is 6.46. The molecule has 2 fully saturated rings. The van der Waals surface area contributed by atoms with Crippen molar-refractivity contribution in [3.8, 4) is 0 Å². The minimum atomic E-state index is -3.52. The molecule has 10 nitrogen and oxygen atoms in total. The Bertz CT molecular complexity index is 1750. The molecule has 0 spiro atoms. The van der Waals surface area contributed by atoms with Gasteiger partial charge in [0.1, 0.15) is 33.4 Å². The van der Waals surface area contributed by atoms with Crippen LogP contribution in [0.2, 0.25) is 0 Å². The normalized spacial score (nSPS) is 18.5. The lowest BCUT2D eigenvalue weighted by molar-refractivity contribution is -0.0861. The van der Waals surface area contributed by atoms with Crippen molar-refractivity contribution in [3.63, 3.8) is 0 Å². The number of aromatic nitrogens is 3. The molecule has 2 N–H and O–H groups in total. The van der Waals surface area contributed by atoms with Crippen LogP contribution in [0.3, 0.4) is 0 Å². The first kappa shape index (κ1) is 34.0. The van der Waals surface area contributed by atoms with Crippen LogP contribution in [-0.4, -0.2) is 69.5 Å². The zero-order valence-electron chi connectivity index (χ0n) is 25.4. The van der Waals surface area contributed by atoms with Gasteiger partial charge in [-0.05, 0) is 57.4 Å². The third kappa shape index (κ3) is 6.97. The maximum atomic E-state index is 15.9. The Balaban J connectivity index is 1.48. The van der Waals surface area contributed by atoms with Gasteiger partial charge in [0.05, 0.1) is 28.5 Å². The van der Waals surface area contributed by atoms with Crippen LogP contribution >= 0.6 is 11.6 Å². The molecule has 0 unspecified atom stereocenters. The molecule has 46 heavy (non-hydrogen) atoms. The lowest BCUT2D eigenvalue weighted by Gasteiger charge is -2.35. The van der Waals surface area contributed by atoms with Crippen LogP contribution in [0.5, 0.6) is 0 Å². The molecular weight excluding hydrogens is 647 g/mol. The SMILES string of the molecule is C[C@@H](Nc1ncnc2c1cc(C1CCS(=O)(=O)CC1)c(=O)n2CCCCCl)c1cccc(C(F)(F)C2CCN(C(=O)O)CC2)c1F. The van der Waals surface area contributed by atoms with E-state index in [0.29, 0.717) is 54.7 Å². The number of hydrogen-bond acceptors (Lipinski definition) is 7. The molecule has 0 aliphatic carbocycles. The number of rotatable bonds is 10. The number of anilines is 1. The van der Waals surface area contributed by atoms with Crippen molar-refractivity contribution in [1.29, 1.82) is 0 Å². The summed E-state index contributed by atoms with van der Waals surface area (Å²) in [4.78, 5) is 34.7. The first-order valence-electron chi connectivity index (χ1n) is 15.4. The van der Waals surface area contributed by atoms with E-state index < -0.39 is 45.2 Å². The number of halogens is 4. The van der Waals surface area contributed by atoms with Crippen molar-refractivity contribution >= 4 is 44.4 Å². The van der Waals surface area contributed by atoms with Crippen LogP contribution in [0.1, 0.15) is 74.1 Å². The lowest BCUT2D eigenvalue weighted by Crippen LogP contribution is -2.42. The zero-order chi connectivity index (χ0) is 33.2. The summed E-state index contributed by atoms with van der Waals surface area (Å²) in [5, 5.41) is 12.8. The molecule has 1 atom stereocenters. The molecule has 4 heterocycles. The summed E-state index contributed by atoms with van der Waals surface area (Å²) in [5.41, 5.74) is -0.243. The second-order valence-corrected chi connectivity index (χ2v) is 14.8. The van der Waals surface area contributed by atoms with Gasteiger partial charge in [0.25, 0.3) is 11.5 Å². The molecule has 2 saturated heterocycles. The van der Waals surface area contributed by atoms with Gasteiger partial charge in [-0.15, -0.1) is 11.6 Å². The van der Waals surface area contributed by atoms with Gasteiger partial charge in [-0.3, -0.25) is 9.36 Å². The first-order chi connectivity index (χ1) is 21.8. The molecule has 15 heteroatoms. The fourth-order valence-corrected chi connectivity index (χ4v) is 8.14. The van der Waals surface area contributed by atoms with Crippen LogP contribution in [0, 0.1) is 11.7 Å². The number of nitrogens with one attached hydrogen (secondary N) is 1. The van der Waals surface area contributed by atoms with Crippen molar-refractivity contribution in [2.75, 3.05) is 35.8 Å². The Hall–Kier alpha value is -3.39. The number of likely N-dealkylation sites (tertiary alicyclic amines) is 1. The van der Waals surface area contributed by atoms with E-state index in [0.717, 1.165) is 11.0 Å². The molecule has 1 amide bonds. The van der Waals surface area contributed by atoms with E-state index in [1.54, 1.807) is 13.0 Å². The van der Waals surface area contributed by atoms with Gasteiger partial charge < -0.3 is 15.3 Å². The van der Waals surface area contributed by atoms with Crippen LogP contribution in [0.15, 0.2) is 35.4 Å². The number of alkyl halides is 3. The van der Waals surface area contributed by atoms with Crippen molar-refractivity contribution in [3.05, 3.63) is 63.5 Å². The summed E-state index contributed by atoms with van der Waals surface area (Å²) in [6, 6.07) is 4.68. The van der Waals surface area contributed by atoms with Gasteiger partial charge >= 0.3 is 6.09 Å². The predicted molar refractivity (Wildman–Crippen MR) is 169 cm³/mol. The maximum Gasteiger partial charge on any atom is 0.407 e. The third-order valence-corrected chi connectivity index (χ3v) is 11.1. The minimum Gasteiger partial charge on any atom is -0.465 e. The van der Waals surface area contributed by atoms with E-state index in [-0.39, 0.29) is 60.3 Å². The summed E-state index contributed by atoms with van der Waals surface area (Å²) >= 11 is 5.88. The Morgan fingerprint density at radius 3 is 2.50 bits per heavy atom. The zero-order valence-corrected chi connectivity index (χ0v) is 27.0. The first-order valence-corrected chi connectivity index (χ1v) is 17.8. The topological polar surface area (TPSA) is 134 Å². The second-order valence-electron chi connectivity index (χ2n) is 12.1. The highest BCUT2D eigenvalue weighted by molar-refractivity contribution is 7.91. The lowest BCUT2D eigenvalue weighted by atomic mass is 9.85. The average molecular weight is 684 g/mol. The Labute approximate surface area is 269 Å². The standard InChI is InChI=1S/C31H37ClF3N5O5S/c1-19(22-5-4-6-25(26(22)33)31(34,35)21-7-13-39(14-8-21)30(42)43)38-27-24-17-23(20-9-15-46(44,45)16-10-20)29(41)40(12-3-2-11-32)28(24)37-18-36-27/h4-6,17-21H,2-3,7-16H2,1H3,(H,42,43)(H,36,37,38)/t19-/m1/s1. The second kappa shape index (κ2) is 13.8. The van der Waals surface area contributed by atoms with Gasteiger partial charge in [-0.1, -0.05) is 18.2 Å². The van der Waals surface area contributed by atoms with Gasteiger partial charge in [0.15, 0.2) is 0 Å². The number of benzene rings is 1. The summed E-state index contributed by atoms with van der Waals surface area (Å²) < 4.78 is 72.9. The molecule has 2 aromatic heterocycles. The molecule has 0 bridgehead atoms. The molecule has 1 aromatic carbocycles. The summed E-state index contributed by atoms with van der Waals surface area (Å²) in [6.07, 6.45) is 1.79. The molecule has 0 saturated carbocycles. The average Bonchev–Trinajstić information content (AvgIpc) is 3.02. The highest BCUT2D eigenvalue weighted by Crippen LogP contribution is 2.44. The fraction of sp³-hybridized carbons (Fsp3) is 0.548. The monoisotopic (exact) mass is 683 g/mol. The Kier molecular flexibility index (Phi) is 10.2. The predicted octanol–water partition coefficient (Wildman–Crippen LogP) is 5.90. The van der Waals surface area contributed by atoms with E-state index in [1.807, 2.05) is 0 Å². The van der Waals surface area contributed by atoms with Gasteiger partial charge in [0.2, 0.25) is 0 Å². The number of pyridine rings is 1. The number of fused-ring (bicyclic) bond motifs is 1. The number of sulfone groups is 1. The molecule has 2 aliphatic rings. The molecule has 5 rings (SSSR count). The largest absolute Gasteiger partial charge is 0.465 e. The summed E-state index contributed by atoms with van der Waals surface area (Å²) in [5.74, 6) is -5.44. The number of amides is 1. The quantitative estimate of drug-likeness (QED) is 0.199. The number of piperidine rings is 1. The summed E-state index contributed by atoms with van der Waals surface area (Å²) in [7, 11) is -3.17. The van der Waals surface area contributed by atoms with Gasteiger partial charge in [0, 0.05) is 42.6 Å². The van der Waals surface area contributed by atoms with Crippen molar-refractivity contribution in [2.45, 2.75) is 69.9 Å². The van der Waals surface area contributed by atoms with E-state index in [4.69, 9.17) is 16.7 Å². The minimum absolute atomic E-state index is 0.0138. The third-order valence-electron chi connectivity index (χ3n) is 9.16. The smallest absolute Gasteiger partial charge is 0.407 e. The van der Waals surface area contributed by atoms with Crippen LogP contribution in [-0.2, 0) is 22.3 Å². The van der Waals surface area contributed by atoms with E-state index in [2.05, 4.69) is 15.3 Å². The maximum absolute atomic E-state index is 15.9. The molecule has 250 valence electrons. The molecule has 0 radical (unpaired) electrons. The van der Waals surface area contributed by atoms with Crippen molar-refractivity contribution < 1.29 is 31.5 Å². The van der Waals surface area contributed by atoms with Crippen LogP contribution in [0.4, 0.5) is 23.8 Å². The Morgan fingerprint density at radius 2 is 1.85 bits per heavy atom. The van der Waals surface area contributed by atoms with Crippen LogP contribution in [0.25, 0.3) is 11.0 Å². The van der Waals surface area contributed by atoms with Gasteiger partial charge in [-0.2, -0.15) is 0 Å². The number of unbranched alkanes of at least 4 members (excludes halogenated alkanes) is 1. The number of carbonyl (C=O) groups is 1. The van der Waals surface area contributed by atoms with Crippen molar-refractivity contribution in [2.24, 2.45) is 5.92 Å². The molecular formula is C31H37ClF3N5O5S.